The van der Waals surface area contributed by atoms with Crippen molar-refractivity contribution in [2.24, 2.45) is 0 Å². The average Bonchev–Trinajstić information content (AvgIpc) is 1.84. The van der Waals surface area contributed by atoms with Crippen LogP contribution in [0.5, 0.6) is 0 Å². The molecule has 0 bridgehead atoms. The van der Waals surface area contributed by atoms with Gasteiger partial charge >= 0.3 is 0 Å². The molecule has 0 aromatic carbocycles. The van der Waals surface area contributed by atoms with E-state index in [1.54, 1.807) is 0 Å². The first-order valence-electron chi connectivity index (χ1n) is 3.43. The Labute approximate surface area is 68.5 Å². The van der Waals surface area contributed by atoms with Gasteiger partial charge in [-0.05, 0) is 13.3 Å². The molecular formula is C8H14O2S. The lowest BCUT2D eigenvalue weighted by molar-refractivity contribution is 0.598. The standard InChI is InChI=1S/C8H14O2S/c1-4-6-11(9,10)7-5-8(2)3/h4H,1-2,5-7H2,3H3. The highest BCUT2D eigenvalue weighted by atomic mass is 32.2. The summed E-state index contributed by atoms with van der Waals surface area (Å²) in [5.41, 5.74) is 0.901. The van der Waals surface area contributed by atoms with Gasteiger partial charge in [-0.1, -0.05) is 11.6 Å². The van der Waals surface area contributed by atoms with Gasteiger partial charge in [-0.2, -0.15) is 0 Å². The molecule has 0 aromatic rings. The highest BCUT2D eigenvalue weighted by Crippen LogP contribution is 2.00. The maximum Gasteiger partial charge on any atom is 0.154 e. The van der Waals surface area contributed by atoms with Crippen molar-refractivity contribution in [3.63, 3.8) is 0 Å². The summed E-state index contributed by atoms with van der Waals surface area (Å²) in [6, 6.07) is 0. The molecule has 3 heteroatoms. The smallest absolute Gasteiger partial charge is 0.154 e. The normalized spacial score (nSPS) is 11.0. The minimum atomic E-state index is -2.91. The van der Waals surface area contributed by atoms with Gasteiger partial charge in [-0.15, -0.1) is 13.2 Å². The average molecular weight is 174 g/mol. The Balaban J connectivity index is 3.93. The topological polar surface area (TPSA) is 34.1 Å². The Hall–Kier alpha value is -0.570. The van der Waals surface area contributed by atoms with E-state index >= 15 is 0 Å². The van der Waals surface area contributed by atoms with E-state index in [2.05, 4.69) is 13.2 Å². The Kier molecular flexibility index (Phi) is 4.11. The van der Waals surface area contributed by atoms with Crippen LogP contribution in [0, 0.1) is 0 Å². The summed E-state index contributed by atoms with van der Waals surface area (Å²) >= 11 is 0. The van der Waals surface area contributed by atoms with Crippen LogP contribution in [-0.2, 0) is 9.84 Å². The Morgan fingerprint density at radius 3 is 2.45 bits per heavy atom. The van der Waals surface area contributed by atoms with Gasteiger partial charge in [-0.25, -0.2) is 8.42 Å². The van der Waals surface area contributed by atoms with Gasteiger partial charge in [0.1, 0.15) is 0 Å². The predicted octanol–water partition coefficient (Wildman–Crippen LogP) is 1.55. The van der Waals surface area contributed by atoms with Gasteiger partial charge in [0, 0.05) is 0 Å². The molecule has 0 aliphatic carbocycles. The Morgan fingerprint density at radius 1 is 1.55 bits per heavy atom. The molecule has 0 spiro atoms. The minimum absolute atomic E-state index is 0.0697. The van der Waals surface area contributed by atoms with Crippen molar-refractivity contribution < 1.29 is 8.42 Å². The molecule has 0 heterocycles. The highest BCUT2D eigenvalue weighted by molar-refractivity contribution is 7.91. The number of hydrogen-bond donors (Lipinski definition) is 0. The van der Waals surface area contributed by atoms with Crippen LogP contribution in [0.25, 0.3) is 0 Å². The van der Waals surface area contributed by atoms with E-state index in [0.717, 1.165) is 5.57 Å². The molecule has 0 aliphatic heterocycles. The van der Waals surface area contributed by atoms with Crippen molar-refractivity contribution >= 4 is 9.84 Å². The summed E-state index contributed by atoms with van der Waals surface area (Å²) < 4.78 is 22.0. The van der Waals surface area contributed by atoms with Crippen molar-refractivity contribution in [1.29, 1.82) is 0 Å². The molecule has 11 heavy (non-hydrogen) atoms. The van der Waals surface area contributed by atoms with Gasteiger partial charge < -0.3 is 0 Å². The summed E-state index contributed by atoms with van der Waals surface area (Å²) in [4.78, 5) is 0. The summed E-state index contributed by atoms with van der Waals surface area (Å²) in [5, 5.41) is 0. The van der Waals surface area contributed by atoms with E-state index in [1.165, 1.54) is 6.08 Å². The van der Waals surface area contributed by atoms with Crippen molar-refractivity contribution in [1.82, 2.24) is 0 Å². The lowest BCUT2D eigenvalue weighted by atomic mass is 10.3. The van der Waals surface area contributed by atoms with Crippen molar-refractivity contribution in [2.45, 2.75) is 13.3 Å². The summed E-state index contributed by atoms with van der Waals surface area (Å²) in [6.45, 7) is 8.82. The highest BCUT2D eigenvalue weighted by Gasteiger charge is 2.06. The van der Waals surface area contributed by atoms with Crippen molar-refractivity contribution in [2.75, 3.05) is 11.5 Å². The van der Waals surface area contributed by atoms with Crippen LogP contribution in [0.4, 0.5) is 0 Å². The van der Waals surface area contributed by atoms with Crippen LogP contribution in [0.1, 0.15) is 13.3 Å². The molecule has 0 fully saturated rings. The minimum Gasteiger partial charge on any atom is -0.229 e. The van der Waals surface area contributed by atoms with Gasteiger partial charge in [0.15, 0.2) is 9.84 Å². The molecule has 2 nitrogen and oxygen atoms in total. The summed E-state index contributed by atoms with van der Waals surface area (Å²) in [7, 11) is -2.91. The fraction of sp³-hybridized carbons (Fsp3) is 0.500. The van der Waals surface area contributed by atoms with E-state index in [1.807, 2.05) is 6.92 Å². The fourth-order valence-electron chi connectivity index (χ4n) is 0.593. The molecule has 0 amide bonds. The molecule has 0 radical (unpaired) electrons. The SMILES string of the molecule is C=CCS(=O)(=O)CCC(=C)C. The first-order chi connectivity index (χ1) is 4.98. The lowest BCUT2D eigenvalue weighted by Crippen LogP contribution is -2.09. The second-order valence-corrected chi connectivity index (χ2v) is 4.84. The molecule has 0 unspecified atom stereocenters. The van der Waals surface area contributed by atoms with Gasteiger partial charge in [0.2, 0.25) is 0 Å². The van der Waals surface area contributed by atoms with Gasteiger partial charge in [-0.3, -0.25) is 0 Å². The molecule has 64 valence electrons. The monoisotopic (exact) mass is 174 g/mol. The first-order valence-corrected chi connectivity index (χ1v) is 5.26. The second-order valence-electron chi connectivity index (χ2n) is 2.61. The fourth-order valence-corrected chi connectivity index (χ4v) is 1.78. The third-order valence-electron chi connectivity index (χ3n) is 1.21. The van der Waals surface area contributed by atoms with Gasteiger partial charge in [0.05, 0.1) is 11.5 Å². The molecule has 0 aromatic heterocycles. The molecule has 0 N–H and O–H groups in total. The van der Waals surface area contributed by atoms with E-state index < -0.39 is 9.84 Å². The Bertz CT molecular complexity index is 237. The number of rotatable bonds is 5. The van der Waals surface area contributed by atoms with Crippen LogP contribution >= 0.6 is 0 Å². The molecule has 0 saturated carbocycles. The number of hydrogen-bond acceptors (Lipinski definition) is 2. The maximum atomic E-state index is 11.0. The van der Waals surface area contributed by atoms with Crippen LogP contribution in [-0.4, -0.2) is 19.9 Å². The summed E-state index contributed by atoms with van der Waals surface area (Å²) in [6.07, 6.45) is 1.96. The molecule has 0 rings (SSSR count). The second kappa shape index (κ2) is 4.34. The largest absolute Gasteiger partial charge is 0.229 e. The lowest BCUT2D eigenvalue weighted by Gasteiger charge is -1.99. The van der Waals surface area contributed by atoms with E-state index in [-0.39, 0.29) is 11.5 Å². The third-order valence-corrected chi connectivity index (χ3v) is 2.78. The predicted molar refractivity (Wildman–Crippen MR) is 48.3 cm³/mol. The molecule has 0 aliphatic rings. The van der Waals surface area contributed by atoms with E-state index in [0.29, 0.717) is 6.42 Å². The van der Waals surface area contributed by atoms with Crippen LogP contribution in [0.15, 0.2) is 24.8 Å². The third kappa shape index (κ3) is 5.85. The zero-order valence-corrected chi connectivity index (χ0v) is 7.65. The molecule has 0 saturated heterocycles. The number of allylic oxidation sites excluding steroid dienone is 1. The zero-order valence-electron chi connectivity index (χ0n) is 6.84. The van der Waals surface area contributed by atoms with Crippen molar-refractivity contribution in [3.05, 3.63) is 24.8 Å². The van der Waals surface area contributed by atoms with Crippen LogP contribution in [0.2, 0.25) is 0 Å². The van der Waals surface area contributed by atoms with E-state index in [4.69, 9.17) is 0 Å². The van der Waals surface area contributed by atoms with Crippen molar-refractivity contribution in [3.8, 4) is 0 Å². The quantitative estimate of drug-likeness (QED) is 0.593. The first kappa shape index (κ1) is 10.4. The zero-order chi connectivity index (χ0) is 8.91. The summed E-state index contributed by atoms with van der Waals surface area (Å²) in [5.74, 6) is 0.259. The van der Waals surface area contributed by atoms with Crippen LogP contribution < -0.4 is 0 Å². The van der Waals surface area contributed by atoms with Crippen LogP contribution in [0.3, 0.4) is 0 Å². The maximum absolute atomic E-state index is 11.0. The van der Waals surface area contributed by atoms with E-state index in [9.17, 15) is 8.42 Å². The molecular weight excluding hydrogens is 160 g/mol. The number of sulfone groups is 1. The molecule has 0 atom stereocenters. The van der Waals surface area contributed by atoms with Gasteiger partial charge in [0.25, 0.3) is 0 Å². The Morgan fingerprint density at radius 2 is 2.09 bits per heavy atom.